The van der Waals surface area contributed by atoms with Gasteiger partial charge in [-0.2, -0.15) is 5.26 Å². The van der Waals surface area contributed by atoms with Gasteiger partial charge in [0.2, 0.25) is 0 Å². The van der Waals surface area contributed by atoms with Crippen LogP contribution >= 0.6 is 22.9 Å². The fourth-order valence-corrected chi connectivity index (χ4v) is 2.02. The average Bonchev–Trinajstić information content (AvgIpc) is 2.30. The molecule has 52 valence electrons. The summed E-state index contributed by atoms with van der Waals surface area (Å²) >= 11 is 7.19. The van der Waals surface area contributed by atoms with Crippen molar-refractivity contribution >= 4 is 22.9 Å². The highest BCUT2D eigenvalue weighted by molar-refractivity contribution is 7.11. The van der Waals surface area contributed by atoms with Gasteiger partial charge >= 0.3 is 0 Å². The summed E-state index contributed by atoms with van der Waals surface area (Å²) in [5, 5.41) is 11.1. The maximum Gasteiger partial charge on any atom is 0.110 e. The van der Waals surface area contributed by atoms with E-state index in [4.69, 9.17) is 16.9 Å². The van der Waals surface area contributed by atoms with Gasteiger partial charge in [-0.25, -0.2) is 0 Å². The Morgan fingerprint density at radius 2 is 2.50 bits per heavy atom. The van der Waals surface area contributed by atoms with Crippen LogP contribution in [-0.4, -0.2) is 0 Å². The smallest absolute Gasteiger partial charge is 0.110 e. The van der Waals surface area contributed by atoms with E-state index in [2.05, 4.69) is 6.07 Å². The summed E-state index contributed by atoms with van der Waals surface area (Å²) in [6.07, 6.45) is 0.839. The maximum atomic E-state index is 8.56. The molecule has 1 aromatic heterocycles. The summed E-state index contributed by atoms with van der Waals surface area (Å²) in [6, 6.07) is 2.10. The topological polar surface area (TPSA) is 23.8 Å². The van der Waals surface area contributed by atoms with E-state index in [1.54, 1.807) is 5.38 Å². The normalized spacial score (nSPS) is 9.30. The first kappa shape index (κ1) is 7.59. The lowest BCUT2D eigenvalue weighted by Crippen LogP contribution is -1.78. The van der Waals surface area contributed by atoms with Gasteiger partial charge in [0.15, 0.2) is 0 Å². The molecule has 0 spiro atoms. The van der Waals surface area contributed by atoms with E-state index in [-0.39, 0.29) is 0 Å². The van der Waals surface area contributed by atoms with Crippen molar-refractivity contribution in [2.75, 3.05) is 0 Å². The second-order valence-corrected chi connectivity index (χ2v) is 3.14. The molecule has 0 aliphatic rings. The fraction of sp³-hybridized carbons (Fsp3) is 0.286. The molecule has 1 heterocycles. The molecule has 0 aliphatic heterocycles. The standard InChI is InChI=1S/C7H6ClNS/c1-2-5-6(8)4-10-7(5)3-9/h4H,2H2,1H3. The summed E-state index contributed by atoms with van der Waals surface area (Å²) in [5.41, 5.74) is 0.981. The van der Waals surface area contributed by atoms with Crippen molar-refractivity contribution in [3.63, 3.8) is 0 Å². The Morgan fingerprint density at radius 1 is 1.80 bits per heavy atom. The third-order valence-electron chi connectivity index (χ3n) is 1.30. The lowest BCUT2D eigenvalue weighted by atomic mass is 10.2. The van der Waals surface area contributed by atoms with Crippen LogP contribution in [0.15, 0.2) is 5.38 Å². The van der Waals surface area contributed by atoms with Crippen molar-refractivity contribution in [2.24, 2.45) is 0 Å². The van der Waals surface area contributed by atoms with E-state index < -0.39 is 0 Å². The molecular weight excluding hydrogens is 166 g/mol. The third-order valence-corrected chi connectivity index (χ3v) is 2.69. The third kappa shape index (κ3) is 1.16. The Morgan fingerprint density at radius 3 is 2.90 bits per heavy atom. The highest BCUT2D eigenvalue weighted by atomic mass is 35.5. The Kier molecular flexibility index (Phi) is 2.31. The van der Waals surface area contributed by atoms with Crippen LogP contribution in [0.25, 0.3) is 0 Å². The molecule has 0 atom stereocenters. The zero-order chi connectivity index (χ0) is 7.56. The van der Waals surface area contributed by atoms with Gasteiger partial charge in [0.25, 0.3) is 0 Å². The average molecular weight is 172 g/mol. The van der Waals surface area contributed by atoms with Gasteiger partial charge < -0.3 is 0 Å². The Balaban J connectivity index is 3.16. The molecule has 1 nitrogen and oxygen atoms in total. The van der Waals surface area contributed by atoms with E-state index in [9.17, 15) is 0 Å². The van der Waals surface area contributed by atoms with Crippen LogP contribution < -0.4 is 0 Å². The van der Waals surface area contributed by atoms with Crippen molar-refractivity contribution < 1.29 is 0 Å². The van der Waals surface area contributed by atoms with Crippen molar-refractivity contribution in [2.45, 2.75) is 13.3 Å². The van der Waals surface area contributed by atoms with E-state index >= 15 is 0 Å². The molecule has 3 heteroatoms. The number of rotatable bonds is 1. The molecule has 0 saturated heterocycles. The van der Waals surface area contributed by atoms with E-state index in [0.29, 0.717) is 0 Å². The minimum Gasteiger partial charge on any atom is -0.192 e. The van der Waals surface area contributed by atoms with Crippen molar-refractivity contribution in [3.8, 4) is 6.07 Å². The minimum atomic E-state index is 0.726. The van der Waals surface area contributed by atoms with Gasteiger partial charge in [-0.3, -0.25) is 0 Å². The predicted octanol–water partition coefficient (Wildman–Crippen LogP) is 2.84. The monoisotopic (exact) mass is 171 g/mol. The van der Waals surface area contributed by atoms with Crippen LogP contribution in [0.3, 0.4) is 0 Å². The van der Waals surface area contributed by atoms with Gasteiger partial charge in [0.1, 0.15) is 10.9 Å². The van der Waals surface area contributed by atoms with Gasteiger partial charge in [-0.05, 0) is 12.0 Å². The number of nitrogens with zero attached hydrogens (tertiary/aromatic N) is 1. The number of halogens is 1. The number of nitriles is 1. The van der Waals surface area contributed by atoms with E-state index in [1.165, 1.54) is 11.3 Å². The van der Waals surface area contributed by atoms with Crippen LogP contribution in [-0.2, 0) is 6.42 Å². The molecule has 0 bridgehead atoms. The molecule has 0 fully saturated rings. The highest BCUT2D eigenvalue weighted by Crippen LogP contribution is 2.26. The Labute approximate surface area is 68.9 Å². The maximum absolute atomic E-state index is 8.56. The van der Waals surface area contributed by atoms with Crippen molar-refractivity contribution in [3.05, 3.63) is 20.8 Å². The van der Waals surface area contributed by atoms with Gasteiger partial charge in [-0.15, -0.1) is 11.3 Å². The van der Waals surface area contributed by atoms with Crippen molar-refractivity contribution in [1.29, 1.82) is 5.26 Å². The molecule has 0 amide bonds. The first-order valence-corrected chi connectivity index (χ1v) is 4.21. The zero-order valence-corrected chi connectivity index (χ0v) is 7.09. The first-order chi connectivity index (χ1) is 4.79. The summed E-state index contributed by atoms with van der Waals surface area (Å²) < 4.78 is 0. The summed E-state index contributed by atoms with van der Waals surface area (Å²) in [7, 11) is 0. The molecule has 0 aromatic carbocycles. The molecule has 0 radical (unpaired) electrons. The first-order valence-electron chi connectivity index (χ1n) is 2.95. The van der Waals surface area contributed by atoms with Crippen LogP contribution in [0.1, 0.15) is 17.4 Å². The lowest BCUT2D eigenvalue weighted by Gasteiger charge is -1.89. The van der Waals surface area contributed by atoms with Crippen LogP contribution in [0.5, 0.6) is 0 Å². The van der Waals surface area contributed by atoms with Gasteiger partial charge in [0.05, 0.1) is 5.02 Å². The van der Waals surface area contributed by atoms with E-state index in [1.807, 2.05) is 6.92 Å². The molecule has 1 aromatic rings. The summed E-state index contributed by atoms with van der Waals surface area (Å²) in [4.78, 5) is 0.743. The molecular formula is C7H6ClNS. The summed E-state index contributed by atoms with van der Waals surface area (Å²) in [6.45, 7) is 1.99. The second-order valence-electron chi connectivity index (χ2n) is 1.86. The summed E-state index contributed by atoms with van der Waals surface area (Å²) in [5.74, 6) is 0. The van der Waals surface area contributed by atoms with E-state index in [0.717, 1.165) is 21.9 Å². The van der Waals surface area contributed by atoms with Crippen molar-refractivity contribution in [1.82, 2.24) is 0 Å². The molecule has 0 N–H and O–H groups in total. The van der Waals surface area contributed by atoms with Gasteiger partial charge in [0, 0.05) is 5.38 Å². The number of hydrogen-bond donors (Lipinski definition) is 0. The molecule has 0 saturated carbocycles. The zero-order valence-electron chi connectivity index (χ0n) is 5.52. The molecule has 0 unspecified atom stereocenters. The minimum absolute atomic E-state index is 0.726. The van der Waals surface area contributed by atoms with Crippen LogP contribution in [0.2, 0.25) is 5.02 Å². The quantitative estimate of drug-likeness (QED) is 0.638. The SMILES string of the molecule is CCc1c(Cl)csc1C#N. The van der Waals surface area contributed by atoms with Gasteiger partial charge in [-0.1, -0.05) is 18.5 Å². The fourth-order valence-electron chi connectivity index (χ4n) is 0.785. The van der Waals surface area contributed by atoms with Crippen LogP contribution in [0, 0.1) is 11.3 Å². The largest absolute Gasteiger partial charge is 0.192 e. The Bertz CT molecular complexity index is 272. The highest BCUT2D eigenvalue weighted by Gasteiger charge is 2.05. The Hall–Kier alpha value is -0.520. The molecule has 0 aliphatic carbocycles. The number of thiophene rings is 1. The molecule has 1 rings (SSSR count). The second kappa shape index (κ2) is 3.05. The predicted molar refractivity (Wildman–Crippen MR) is 43.4 cm³/mol. The lowest BCUT2D eigenvalue weighted by molar-refractivity contribution is 1.15. The molecule has 10 heavy (non-hydrogen) atoms. The number of hydrogen-bond acceptors (Lipinski definition) is 2. The van der Waals surface area contributed by atoms with Crippen LogP contribution in [0.4, 0.5) is 0 Å².